The van der Waals surface area contributed by atoms with Crippen molar-refractivity contribution in [2.24, 2.45) is 0 Å². The van der Waals surface area contributed by atoms with Gasteiger partial charge in [0.1, 0.15) is 11.3 Å². The molecule has 2 unspecified atom stereocenters. The van der Waals surface area contributed by atoms with Crippen LogP contribution in [0.25, 0.3) is 11.1 Å². The van der Waals surface area contributed by atoms with E-state index in [0.29, 0.717) is 18.8 Å². The van der Waals surface area contributed by atoms with Crippen LogP contribution in [0.15, 0.2) is 36.5 Å². The SMILES string of the molecule is CNC(=O)c1ccc(-c2ccc3c(c2)CC2OCCN(C(=O)OC(C)(C)C)C32)cn1. The summed E-state index contributed by atoms with van der Waals surface area (Å²) in [5.41, 5.74) is 4.06. The fraction of sp³-hybridized carbons (Fsp3) is 0.435. The van der Waals surface area contributed by atoms with E-state index in [2.05, 4.69) is 22.4 Å². The van der Waals surface area contributed by atoms with Crippen molar-refractivity contribution in [1.82, 2.24) is 15.2 Å². The van der Waals surface area contributed by atoms with E-state index < -0.39 is 5.60 Å². The van der Waals surface area contributed by atoms with Crippen LogP contribution in [-0.2, 0) is 15.9 Å². The van der Waals surface area contributed by atoms with Gasteiger partial charge in [-0.05, 0) is 43.5 Å². The number of nitrogens with one attached hydrogen (secondary N) is 1. The summed E-state index contributed by atoms with van der Waals surface area (Å²) in [5, 5.41) is 2.57. The van der Waals surface area contributed by atoms with E-state index in [4.69, 9.17) is 9.47 Å². The van der Waals surface area contributed by atoms with Crippen molar-refractivity contribution in [3.63, 3.8) is 0 Å². The zero-order chi connectivity index (χ0) is 21.5. The number of ether oxygens (including phenoxy) is 2. The third-order valence-electron chi connectivity index (χ3n) is 5.42. The molecule has 2 aliphatic rings. The van der Waals surface area contributed by atoms with Crippen LogP contribution in [0, 0.1) is 0 Å². The summed E-state index contributed by atoms with van der Waals surface area (Å²) in [5.74, 6) is -0.209. The molecule has 158 valence electrons. The topological polar surface area (TPSA) is 80.8 Å². The predicted molar refractivity (Wildman–Crippen MR) is 112 cm³/mol. The third kappa shape index (κ3) is 3.89. The first kappa shape index (κ1) is 20.3. The maximum atomic E-state index is 12.8. The van der Waals surface area contributed by atoms with Crippen molar-refractivity contribution in [2.45, 2.75) is 44.9 Å². The summed E-state index contributed by atoms with van der Waals surface area (Å²) in [6.45, 7) is 6.65. The van der Waals surface area contributed by atoms with Gasteiger partial charge in [-0.2, -0.15) is 0 Å². The number of aromatic nitrogens is 1. The lowest BCUT2D eigenvalue weighted by Gasteiger charge is -2.38. The van der Waals surface area contributed by atoms with Crippen LogP contribution in [0.3, 0.4) is 0 Å². The van der Waals surface area contributed by atoms with Gasteiger partial charge in [0.05, 0.1) is 18.8 Å². The minimum absolute atomic E-state index is 0.0646. The molecule has 4 rings (SSSR count). The summed E-state index contributed by atoms with van der Waals surface area (Å²) >= 11 is 0. The number of hydrogen-bond acceptors (Lipinski definition) is 5. The number of pyridine rings is 1. The maximum absolute atomic E-state index is 12.8. The van der Waals surface area contributed by atoms with Gasteiger partial charge in [-0.3, -0.25) is 14.7 Å². The molecule has 1 aromatic carbocycles. The Kier molecular flexibility index (Phi) is 5.24. The van der Waals surface area contributed by atoms with Crippen molar-refractivity contribution in [3.8, 4) is 11.1 Å². The highest BCUT2D eigenvalue weighted by atomic mass is 16.6. The van der Waals surface area contributed by atoms with Gasteiger partial charge in [-0.15, -0.1) is 0 Å². The Morgan fingerprint density at radius 1 is 1.20 bits per heavy atom. The van der Waals surface area contributed by atoms with Crippen molar-refractivity contribution < 1.29 is 19.1 Å². The minimum atomic E-state index is -0.538. The number of hydrogen-bond donors (Lipinski definition) is 1. The van der Waals surface area contributed by atoms with E-state index in [1.54, 1.807) is 24.2 Å². The Labute approximate surface area is 176 Å². The van der Waals surface area contributed by atoms with Gasteiger partial charge in [0.25, 0.3) is 5.91 Å². The minimum Gasteiger partial charge on any atom is -0.444 e. The number of amides is 2. The molecule has 2 heterocycles. The van der Waals surface area contributed by atoms with Gasteiger partial charge in [-0.25, -0.2) is 4.79 Å². The lowest BCUT2D eigenvalue weighted by Crippen LogP contribution is -2.48. The Hall–Kier alpha value is -2.93. The van der Waals surface area contributed by atoms with Gasteiger partial charge in [0, 0.05) is 31.8 Å². The number of nitrogens with zero attached hydrogens (tertiary/aromatic N) is 2. The molecule has 1 N–H and O–H groups in total. The molecule has 1 aliphatic carbocycles. The van der Waals surface area contributed by atoms with Gasteiger partial charge in [0.15, 0.2) is 0 Å². The number of benzene rings is 1. The monoisotopic (exact) mass is 409 g/mol. The predicted octanol–water partition coefficient (Wildman–Crippen LogP) is 3.34. The Bertz CT molecular complexity index is 965. The molecular weight excluding hydrogens is 382 g/mol. The Morgan fingerprint density at radius 3 is 2.63 bits per heavy atom. The van der Waals surface area contributed by atoms with Gasteiger partial charge < -0.3 is 14.8 Å². The molecule has 7 nitrogen and oxygen atoms in total. The quantitative estimate of drug-likeness (QED) is 0.823. The molecule has 2 amide bonds. The van der Waals surface area contributed by atoms with Crippen molar-refractivity contribution in [3.05, 3.63) is 53.3 Å². The number of carbonyl (C=O) groups is 2. The first-order valence-electron chi connectivity index (χ1n) is 10.2. The van der Waals surface area contributed by atoms with E-state index in [0.717, 1.165) is 28.7 Å². The molecule has 0 saturated carbocycles. The third-order valence-corrected chi connectivity index (χ3v) is 5.42. The molecule has 1 aromatic heterocycles. The number of rotatable bonds is 2. The van der Waals surface area contributed by atoms with Crippen LogP contribution in [0.5, 0.6) is 0 Å². The first-order chi connectivity index (χ1) is 14.3. The molecule has 1 fully saturated rings. The standard InChI is InChI=1S/C23H27N3O4/c1-23(2,3)30-22(28)26-9-10-29-19-12-16-11-14(5-7-17(16)20(19)26)15-6-8-18(25-13-15)21(27)24-4/h5-8,11,13,19-20H,9-10,12H2,1-4H3,(H,24,27). The fourth-order valence-electron chi connectivity index (χ4n) is 4.09. The van der Waals surface area contributed by atoms with Crippen molar-refractivity contribution in [2.75, 3.05) is 20.2 Å². The molecular formula is C23H27N3O4. The molecule has 1 saturated heterocycles. The average Bonchev–Trinajstić information content (AvgIpc) is 3.09. The molecule has 0 radical (unpaired) electrons. The largest absolute Gasteiger partial charge is 0.444 e. The molecule has 7 heteroatoms. The van der Waals surface area contributed by atoms with Crippen molar-refractivity contribution >= 4 is 12.0 Å². The highest BCUT2D eigenvalue weighted by Gasteiger charge is 2.43. The molecule has 2 aromatic rings. The van der Waals surface area contributed by atoms with Crippen LogP contribution in [0.4, 0.5) is 4.79 Å². The van der Waals surface area contributed by atoms with Crippen LogP contribution >= 0.6 is 0 Å². The van der Waals surface area contributed by atoms with Gasteiger partial charge in [-0.1, -0.05) is 24.3 Å². The van der Waals surface area contributed by atoms with Crippen LogP contribution in [0.1, 0.15) is 48.4 Å². The smallest absolute Gasteiger partial charge is 0.410 e. The fourth-order valence-corrected chi connectivity index (χ4v) is 4.09. The second-order valence-corrected chi connectivity index (χ2v) is 8.66. The molecule has 1 aliphatic heterocycles. The zero-order valence-corrected chi connectivity index (χ0v) is 17.8. The second kappa shape index (κ2) is 7.72. The van der Waals surface area contributed by atoms with E-state index >= 15 is 0 Å². The second-order valence-electron chi connectivity index (χ2n) is 8.66. The summed E-state index contributed by atoms with van der Waals surface area (Å²) < 4.78 is 11.6. The van der Waals surface area contributed by atoms with Crippen LogP contribution < -0.4 is 5.32 Å². The normalized spacial score (nSPS) is 20.3. The van der Waals surface area contributed by atoms with E-state index in [1.165, 1.54) is 0 Å². The van der Waals surface area contributed by atoms with E-state index in [1.807, 2.05) is 32.9 Å². The lowest BCUT2D eigenvalue weighted by atomic mass is 10.00. The summed E-state index contributed by atoms with van der Waals surface area (Å²) in [6, 6.07) is 9.69. The average molecular weight is 409 g/mol. The number of carbonyl (C=O) groups excluding carboxylic acids is 2. The number of fused-ring (bicyclic) bond motifs is 3. The van der Waals surface area contributed by atoms with Gasteiger partial charge >= 0.3 is 6.09 Å². The molecule has 0 bridgehead atoms. The van der Waals surface area contributed by atoms with E-state index in [9.17, 15) is 9.59 Å². The summed E-state index contributed by atoms with van der Waals surface area (Å²) in [7, 11) is 1.58. The van der Waals surface area contributed by atoms with Crippen LogP contribution in [0.2, 0.25) is 0 Å². The number of morpholine rings is 1. The van der Waals surface area contributed by atoms with Crippen LogP contribution in [-0.4, -0.2) is 53.8 Å². The molecule has 0 spiro atoms. The van der Waals surface area contributed by atoms with Gasteiger partial charge in [0.2, 0.25) is 0 Å². The highest BCUT2D eigenvalue weighted by Crippen LogP contribution is 2.41. The van der Waals surface area contributed by atoms with E-state index in [-0.39, 0.29) is 24.1 Å². The Balaban J connectivity index is 1.60. The maximum Gasteiger partial charge on any atom is 0.410 e. The van der Waals surface area contributed by atoms with Crippen molar-refractivity contribution in [1.29, 1.82) is 0 Å². The molecule has 2 atom stereocenters. The summed E-state index contributed by atoms with van der Waals surface area (Å²) in [6.07, 6.45) is 2.09. The zero-order valence-electron chi connectivity index (χ0n) is 17.8. The lowest BCUT2D eigenvalue weighted by molar-refractivity contribution is -0.0697. The first-order valence-corrected chi connectivity index (χ1v) is 10.2. The highest BCUT2D eigenvalue weighted by molar-refractivity contribution is 5.92. The Morgan fingerprint density at radius 2 is 1.97 bits per heavy atom. The summed E-state index contributed by atoms with van der Waals surface area (Å²) in [4.78, 5) is 30.5. The molecule has 30 heavy (non-hydrogen) atoms.